The number of hydrogen-bond acceptors (Lipinski definition) is 9. The van der Waals surface area contributed by atoms with Crippen molar-refractivity contribution in [3.8, 4) is 5.75 Å². The molecule has 0 amide bonds. The number of allylic oxidation sites excluding steroid dienone is 1. The third kappa shape index (κ3) is 7.64. The zero-order valence-electron chi connectivity index (χ0n) is 26.3. The highest BCUT2D eigenvalue weighted by Gasteiger charge is 2.50. The van der Waals surface area contributed by atoms with Gasteiger partial charge < -0.3 is 18.9 Å². The highest BCUT2D eigenvalue weighted by molar-refractivity contribution is 6.01. The summed E-state index contributed by atoms with van der Waals surface area (Å²) < 4.78 is 23.0. The van der Waals surface area contributed by atoms with Crippen molar-refractivity contribution in [3.63, 3.8) is 0 Å². The minimum absolute atomic E-state index is 0.115. The number of benzene rings is 5. The molecule has 1 atom stereocenters. The Bertz CT molecular complexity index is 2020. The van der Waals surface area contributed by atoms with Gasteiger partial charge in [0.25, 0.3) is 5.79 Å². The highest BCUT2D eigenvalue weighted by atomic mass is 16.7. The number of Topliss-reactive ketones (excluding diaryl/α,β-unsaturated/α-hetero) is 1. The summed E-state index contributed by atoms with van der Waals surface area (Å²) in [5.74, 6) is -7.56. The summed E-state index contributed by atoms with van der Waals surface area (Å²) in [7, 11) is 0. The lowest BCUT2D eigenvalue weighted by Crippen LogP contribution is -2.49. The zero-order chi connectivity index (χ0) is 34.9. The van der Waals surface area contributed by atoms with Crippen LogP contribution in [-0.2, 0) is 14.2 Å². The number of ether oxygens (including phenoxy) is 4. The fourth-order valence-electron chi connectivity index (χ4n) is 5.10. The summed E-state index contributed by atoms with van der Waals surface area (Å²) >= 11 is 0. The number of carbonyl (C=O) groups is 5. The number of esters is 4. The van der Waals surface area contributed by atoms with Crippen LogP contribution in [0.3, 0.4) is 0 Å². The lowest BCUT2D eigenvalue weighted by atomic mass is 9.85. The molecule has 9 heteroatoms. The fourth-order valence-corrected chi connectivity index (χ4v) is 5.10. The molecular weight excluding hydrogens is 636 g/mol. The SMILES string of the molecule is O=C(OC1=CC(OC(=O)c2ccccc2)(OC(=O)c2ccccc2)C(C(=O)c2ccc(OC(=O)c3ccccc3)cc2)C=C1)c1ccccc1. The molecule has 246 valence electrons. The van der Waals surface area contributed by atoms with Gasteiger partial charge in [-0.05, 0) is 78.9 Å². The molecule has 5 aromatic carbocycles. The molecule has 0 heterocycles. The first kappa shape index (κ1) is 33.0. The van der Waals surface area contributed by atoms with Gasteiger partial charge in [0.15, 0.2) is 5.78 Å². The van der Waals surface area contributed by atoms with E-state index >= 15 is 0 Å². The first-order chi connectivity index (χ1) is 24.3. The van der Waals surface area contributed by atoms with Crippen LogP contribution in [0.15, 0.2) is 170 Å². The number of ketones is 1. The van der Waals surface area contributed by atoms with E-state index < -0.39 is 41.4 Å². The fraction of sp³-hybridized carbons (Fsp3) is 0.0488. The van der Waals surface area contributed by atoms with E-state index in [-0.39, 0.29) is 33.8 Å². The molecule has 0 fully saturated rings. The van der Waals surface area contributed by atoms with Gasteiger partial charge in [-0.3, -0.25) is 4.79 Å². The maximum atomic E-state index is 14.3. The molecule has 0 saturated carbocycles. The molecule has 0 N–H and O–H groups in total. The van der Waals surface area contributed by atoms with Crippen LogP contribution in [-0.4, -0.2) is 35.4 Å². The van der Waals surface area contributed by atoms with E-state index in [0.717, 1.165) is 6.08 Å². The molecule has 0 bridgehead atoms. The molecule has 0 spiro atoms. The van der Waals surface area contributed by atoms with Gasteiger partial charge in [-0.2, -0.15) is 0 Å². The maximum absolute atomic E-state index is 14.3. The van der Waals surface area contributed by atoms with Crippen LogP contribution < -0.4 is 4.74 Å². The van der Waals surface area contributed by atoms with Crippen LogP contribution in [0.25, 0.3) is 0 Å². The lowest BCUT2D eigenvalue weighted by molar-refractivity contribution is -0.151. The Labute approximate surface area is 287 Å². The van der Waals surface area contributed by atoms with Gasteiger partial charge in [-0.25, -0.2) is 19.2 Å². The third-order valence-electron chi connectivity index (χ3n) is 7.61. The predicted octanol–water partition coefficient (Wildman–Crippen LogP) is 7.43. The average molecular weight is 665 g/mol. The van der Waals surface area contributed by atoms with Crippen LogP contribution in [0, 0.1) is 5.92 Å². The summed E-state index contributed by atoms with van der Waals surface area (Å²) in [6.07, 6.45) is 3.84. The first-order valence-corrected chi connectivity index (χ1v) is 15.5. The van der Waals surface area contributed by atoms with Crippen molar-refractivity contribution in [3.05, 3.63) is 197 Å². The monoisotopic (exact) mass is 664 g/mol. The topological polar surface area (TPSA) is 122 Å². The Balaban J connectivity index is 1.37. The number of hydrogen-bond donors (Lipinski definition) is 0. The molecule has 9 nitrogen and oxygen atoms in total. The van der Waals surface area contributed by atoms with Gasteiger partial charge in [-0.1, -0.05) is 78.9 Å². The van der Waals surface area contributed by atoms with Gasteiger partial charge >= 0.3 is 23.9 Å². The van der Waals surface area contributed by atoms with E-state index in [4.69, 9.17) is 18.9 Å². The van der Waals surface area contributed by atoms with Crippen molar-refractivity contribution in [2.75, 3.05) is 0 Å². The molecule has 1 aliphatic carbocycles. The Morgan fingerprint density at radius 1 is 0.440 bits per heavy atom. The average Bonchev–Trinajstić information content (AvgIpc) is 3.16. The van der Waals surface area contributed by atoms with Crippen LogP contribution in [0.1, 0.15) is 51.8 Å². The maximum Gasteiger partial charge on any atom is 0.343 e. The quantitative estimate of drug-likeness (QED) is 0.0649. The van der Waals surface area contributed by atoms with Gasteiger partial charge in [0, 0.05) is 11.6 Å². The second-order valence-corrected chi connectivity index (χ2v) is 11.0. The highest BCUT2D eigenvalue weighted by Crippen LogP contribution is 2.37. The van der Waals surface area contributed by atoms with Gasteiger partial charge in [-0.15, -0.1) is 0 Å². The van der Waals surface area contributed by atoms with Crippen molar-refractivity contribution >= 4 is 29.7 Å². The van der Waals surface area contributed by atoms with E-state index in [9.17, 15) is 24.0 Å². The summed E-state index contributed by atoms with van der Waals surface area (Å²) in [5, 5.41) is 0. The van der Waals surface area contributed by atoms with Crippen molar-refractivity contribution in [1.82, 2.24) is 0 Å². The van der Waals surface area contributed by atoms with Gasteiger partial charge in [0.2, 0.25) is 0 Å². The van der Waals surface area contributed by atoms with E-state index in [1.54, 1.807) is 97.1 Å². The minimum atomic E-state index is -2.42. The Morgan fingerprint density at radius 2 is 0.840 bits per heavy atom. The molecule has 6 rings (SSSR count). The third-order valence-corrected chi connectivity index (χ3v) is 7.61. The van der Waals surface area contributed by atoms with Gasteiger partial charge in [0.1, 0.15) is 17.4 Å². The first-order valence-electron chi connectivity index (χ1n) is 15.5. The summed E-state index contributed by atoms with van der Waals surface area (Å²) in [6.45, 7) is 0. The molecular formula is C41H28O9. The summed E-state index contributed by atoms with van der Waals surface area (Å²) in [4.78, 5) is 67.1. The standard InChI is InChI=1S/C41H28O9/c42-36(28-21-23-33(24-22-28)47-37(43)29-13-5-1-6-14-29)35-26-25-34(48-38(44)30-15-7-2-8-16-30)27-41(35,49-39(45)31-17-9-3-10-18-31)50-40(46)32-19-11-4-12-20-32/h1-27,35H. The van der Waals surface area contributed by atoms with E-state index in [1.165, 1.54) is 60.7 Å². The number of rotatable bonds is 10. The Hall–Kier alpha value is -6.87. The Kier molecular flexibility index (Phi) is 9.86. The summed E-state index contributed by atoms with van der Waals surface area (Å²) in [5.41, 5.74) is 0.934. The van der Waals surface area contributed by atoms with E-state index in [0.29, 0.717) is 5.56 Å². The van der Waals surface area contributed by atoms with Crippen molar-refractivity contribution in [2.45, 2.75) is 5.79 Å². The normalized spacial score (nSPS) is 14.4. The molecule has 5 aromatic rings. The van der Waals surface area contributed by atoms with Crippen LogP contribution in [0.2, 0.25) is 0 Å². The zero-order valence-corrected chi connectivity index (χ0v) is 26.3. The molecule has 1 aliphatic rings. The minimum Gasteiger partial charge on any atom is -0.423 e. The van der Waals surface area contributed by atoms with E-state index in [2.05, 4.69) is 0 Å². The molecule has 1 unspecified atom stereocenters. The number of carbonyl (C=O) groups excluding carboxylic acids is 5. The second-order valence-electron chi connectivity index (χ2n) is 11.0. The van der Waals surface area contributed by atoms with Crippen LogP contribution in [0.5, 0.6) is 5.75 Å². The van der Waals surface area contributed by atoms with Crippen LogP contribution in [0.4, 0.5) is 0 Å². The molecule has 0 aromatic heterocycles. The van der Waals surface area contributed by atoms with Gasteiger partial charge in [0.05, 0.1) is 22.3 Å². The van der Waals surface area contributed by atoms with Crippen LogP contribution >= 0.6 is 0 Å². The smallest absolute Gasteiger partial charge is 0.343 e. The largest absolute Gasteiger partial charge is 0.423 e. The molecule has 0 aliphatic heterocycles. The Morgan fingerprint density at radius 3 is 1.28 bits per heavy atom. The van der Waals surface area contributed by atoms with Crippen molar-refractivity contribution < 1.29 is 42.9 Å². The van der Waals surface area contributed by atoms with Crippen molar-refractivity contribution in [1.29, 1.82) is 0 Å². The molecule has 50 heavy (non-hydrogen) atoms. The lowest BCUT2D eigenvalue weighted by Gasteiger charge is -2.36. The van der Waals surface area contributed by atoms with E-state index in [1.807, 2.05) is 0 Å². The molecule has 0 saturated heterocycles. The molecule has 0 radical (unpaired) electrons. The predicted molar refractivity (Wildman–Crippen MR) is 181 cm³/mol. The van der Waals surface area contributed by atoms with Crippen molar-refractivity contribution in [2.24, 2.45) is 5.92 Å². The summed E-state index contributed by atoms with van der Waals surface area (Å²) in [6, 6.07) is 38.3. The second kappa shape index (κ2) is 14.9.